The number of carbonyl (C=O) groups is 3. The minimum absolute atomic E-state index is 0.0108. The summed E-state index contributed by atoms with van der Waals surface area (Å²) < 4.78 is 9.73. The van der Waals surface area contributed by atoms with Gasteiger partial charge in [0.25, 0.3) is 5.91 Å². The lowest BCUT2D eigenvalue weighted by Crippen LogP contribution is -2.51. The number of rotatable bonds is 4. The largest absolute Gasteiger partial charge is 0.469 e. The fourth-order valence-electron chi connectivity index (χ4n) is 1.79. The van der Waals surface area contributed by atoms with Crippen LogP contribution in [0.5, 0.6) is 0 Å². The van der Waals surface area contributed by atoms with Gasteiger partial charge in [-0.1, -0.05) is 5.92 Å². The third-order valence-corrected chi connectivity index (χ3v) is 2.99. The number of hydrogen-bond donors (Lipinski definition) is 1. The van der Waals surface area contributed by atoms with Gasteiger partial charge in [-0.05, 0) is 33.1 Å². The van der Waals surface area contributed by atoms with Crippen LogP contribution in [0.1, 0.15) is 33.6 Å². The van der Waals surface area contributed by atoms with Crippen molar-refractivity contribution in [3.8, 4) is 11.8 Å². The number of ether oxygens (including phenoxy) is 2. The van der Waals surface area contributed by atoms with Crippen LogP contribution in [0, 0.1) is 17.8 Å². The number of methoxy groups -OCH3 is 1. The number of amides is 2. The highest BCUT2D eigenvalue weighted by atomic mass is 16.6. The SMILES string of the molecule is COC(=O)CCCNC(=O)C#CC1CN(C(=O)OC(C)(C)C)C1. The van der Waals surface area contributed by atoms with Gasteiger partial charge in [-0.2, -0.15) is 0 Å². The van der Waals surface area contributed by atoms with Crippen molar-refractivity contribution < 1.29 is 23.9 Å². The zero-order valence-corrected chi connectivity index (χ0v) is 14.1. The Labute approximate surface area is 136 Å². The van der Waals surface area contributed by atoms with E-state index in [1.54, 1.807) is 4.90 Å². The van der Waals surface area contributed by atoms with E-state index in [9.17, 15) is 14.4 Å². The average molecular weight is 324 g/mol. The Balaban J connectivity index is 2.20. The van der Waals surface area contributed by atoms with E-state index in [0.29, 0.717) is 26.1 Å². The number of esters is 1. The normalized spacial score (nSPS) is 14.2. The van der Waals surface area contributed by atoms with Crippen molar-refractivity contribution in [1.82, 2.24) is 10.2 Å². The van der Waals surface area contributed by atoms with Crippen LogP contribution in [0.15, 0.2) is 0 Å². The minimum atomic E-state index is -0.516. The fraction of sp³-hybridized carbons (Fsp3) is 0.688. The van der Waals surface area contributed by atoms with Gasteiger partial charge in [0.05, 0.1) is 13.0 Å². The number of nitrogens with one attached hydrogen (secondary N) is 1. The molecule has 0 unspecified atom stereocenters. The summed E-state index contributed by atoms with van der Waals surface area (Å²) in [6.07, 6.45) is 0.413. The lowest BCUT2D eigenvalue weighted by molar-refractivity contribution is -0.140. The zero-order valence-electron chi connectivity index (χ0n) is 14.1. The van der Waals surface area contributed by atoms with Crippen LogP contribution in [-0.2, 0) is 19.1 Å². The molecule has 1 rings (SSSR count). The first-order valence-corrected chi connectivity index (χ1v) is 7.55. The third-order valence-electron chi connectivity index (χ3n) is 2.99. The van der Waals surface area contributed by atoms with Crippen LogP contribution in [0.3, 0.4) is 0 Å². The van der Waals surface area contributed by atoms with Crippen LogP contribution in [0.4, 0.5) is 4.79 Å². The molecule has 0 radical (unpaired) electrons. The number of carbonyl (C=O) groups excluding carboxylic acids is 3. The third kappa shape index (κ3) is 7.54. The minimum Gasteiger partial charge on any atom is -0.469 e. The summed E-state index contributed by atoms with van der Waals surface area (Å²) in [7, 11) is 1.32. The van der Waals surface area contributed by atoms with E-state index in [1.807, 2.05) is 20.8 Å². The highest BCUT2D eigenvalue weighted by molar-refractivity contribution is 5.93. The summed E-state index contributed by atoms with van der Waals surface area (Å²) >= 11 is 0. The maximum Gasteiger partial charge on any atom is 0.410 e. The van der Waals surface area contributed by atoms with E-state index in [1.165, 1.54) is 7.11 Å². The monoisotopic (exact) mass is 324 g/mol. The van der Waals surface area contributed by atoms with Crippen LogP contribution >= 0.6 is 0 Å². The number of nitrogens with zero attached hydrogens (tertiary/aromatic N) is 1. The Morgan fingerprint density at radius 3 is 2.48 bits per heavy atom. The Hall–Kier alpha value is -2.23. The van der Waals surface area contributed by atoms with E-state index >= 15 is 0 Å². The summed E-state index contributed by atoms with van der Waals surface area (Å²) in [5.74, 6) is 4.63. The molecule has 1 heterocycles. The molecule has 7 heteroatoms. The second-order valence-electron chi connectivity index (χ2n) is 6.29. The average Bonchev–Trinajstić information content (AvgIpc) is 2.39. The van der Waals surface area contributed by atoms with Gasteiger partial charge < -0.3 is 19.7 Å². The van der Waals surface area contributed by atoms with Crippen LogP contribution in [-0.4, -0.2) is 55.2 Å². The molecule has 128 valence electrons. The molecule has 1 fully saturated rings. The van der Waals surface area contributed by atoms with E-state index in [2.05, 4.69) is 21.9 Å². The standard InChI is InChI=1S/C16H24N2O5/c1-16(2,3)23-15(21)18-10-12(11-18)7-8-13(19)17-9-5-6-14(20)22-4/h12H,5-6,9-11H2,1-4H3,(H,17,19). The summed E-state index contributed by atoms with van der Waals surface area (Å²) in [6.45, 7) is 6.75. The van der Waals surface area contributed by atoms with Gasteiger partial charge in [0.1, 0.15) is 5.60 Å². The maximum atomic E-state index is 11.7. The van der Waals surface area contributed by atoms with Crippen molar-refractivity contribution in [3.63, 3.8) is 0 Å². The molecule has 0 saturated carbocycles. The molecule has 23 heavy (non-hydrogen) atoms. The summed E-state index contributed by atoms with van der Waals surface area (Å²) in [6, 6.07) is 0. The van der Waals surface area contributed by atoms with E-state index in [4.69, 9.17) is 4.74 Å². The van der Waals surface area contributed by atoms with E-state index < -0.39 is 5.60 Å². The predicted molar refractivity (Wildman–Crippen MR) is 83.3 cm³/mol. The van der Waals surface area contributed by atoms with Crippen molar-refractivity contribution in [2.24, 2.45) is 5.92 Å². The first-order chi connectivity index (χ1) is 10.7. The molecular formula is C16H24N2O5. The van der Waals surface area contributed by atoms with E-state index in [-0.39, 0.29) is 30.3 Å². The van der Waals surface area contributed by atoms with Gasteiger partial charge in [0.15, 0.2) is 0 Å². The van der Waals surface area contributed by atoms with Crippen molar-refractivity contribution in [3.05, 3.63) is 0 Å². The smallest absolute Gasteiger partial charge is 0.410 e. The first kappa shape index (κ1) is 18.8. The molecular weight excluding hydrogens is 300 g/mol. The highest BCUT2D eigenvalue weighted by Crippen LogP contribution is 2.18. The molecule has 0 aromatic rings. The molecule has 0 aliphatic carbocycles. The van der Waals surface area contributed by atoms with Crippen LogP contribution in [0.2, 0.25) is 0 Å². The quantitative estimate of drug-likeness (QED) is 0.472. The highest BCUT2D eigenvalue weighted by Gasteiger charge is 2.32. The Morgan fingerprint density at radius 2 is 1.91 bits per heavy atom. The van der Waals surface area contributed by atoms with Crippen LogP contribution < -0.4 is 5.32 Å². The second kappa shape index (κ2) is 8.42. The number of hydrogen-bond acceptors (Lipinski definition) is 5. The van der Waals surface area contributed by atoms with E-state index in [0.717, 1.165) is 0 Å². The summed E-state index contributed by atoms with van der Waals surface area (Å²) in [4.78, 5) is 35.7. The lowest BCUT2D eigenvalue weighted by Gasteiger charge is -2.37. The molecule has 0 aromatic carbocycles. The van der Waals surface area contributed by atoms with Crippen molar-refractivity contribution in [1.29, 1.82) is 0 Å². The Morgan fingerprint density at radius 1 is 1.26 bits per heavy atom. The van der Waals surface area contributed by atoms with Gasteiger partial charge in [-0.25, -0.2) is 4.79 Å². The Kier molecular flexibility index (Phi) is 6.89. The lowest BCUT2D eigenvalue weighted by atomic mass is 10.0. The molecule has 2 amide bonds. The molecule has 1 N–H and O–H groups in total. The van der Waals surface area contributed by atoms with Gasteiger partial charge in [-0.3, -0.25) is 9.59 Å². The predicted octanol–water partition coefficient (Wildman–Crippen LogP) is 0.926. The van der Waals surface area contributed by atoms with Crippen LogP contribution in [0.25, 0.3) is 0 Å². The molecule has 0 bridgehead atoms. The van der Waals surface area contributed by atoms with Gasteiger partial charge >= 0.3 is 12.1 Å². The molecule has 1 aliphatic rings. The van der Waals surface area contributed by atoms with Crippen molar-refractivity contribution in [2.45, 2.75) is 39.2 Å². The molecule has 0 atom stereocenters. The first-order valence-electron chi connectivity index (χ1n) is 7.55. The summed E-state index contributed by atoms with van der Waals surface area (Å²) in [5.41, 5.74) is -0.516. The summed E-state index contributed by atoms with van der Waals surface area (Å²) in [5, 5.41) is 2.61. The maximum absolute atomic E-state index is 11.7. The molecule has 7 nitrogen and oxygen atoms in total. The molecule has 1 saturated heterocycles. The van der Waals surface area contributed by atoms with Gasteiger partial charge in [-0.15, -0.1) is 0 Å². The van der Waals surface area contributed by atoms with Gasteiger partial charge in [0.2, 0.25) is 0 Å². The molecule has 1 aliphatic heterocycles. The molecule has 0 aromatic heterocycles. The fourth-order valence-corrected chi connectivity index (χ4v) is 1.79. The van der Waals surface area contributed by atoms with Crippen molar-refractivity contribution >= 4 is 18.0 Å². The Bertz CT molecular complexity index is 507. The topological polar surface area (TPSA) is 84.9 Å². The second-order valence-corrected chi connectivity index (χ2v) is 6.29. The van der Waals surface area contributed by atoms with Gasteiger partial charge in [0, 0.05) is 26.1 Å². The molecule has 0 spiro atoms. The van der Waals surface area contributed by atoms with Crippen molar-refractivity contribution in [2.75, 3.05) is 26.7 Å². The zero-order chi connectivity index (χ0) is 17.5. The number of likely N-dealkylation sites (tertiary alicyclic amines) is 1.